The summed E-state index contributed by atoms with van der Waals surface area (Å²) in [5.74, 6) is -0.207. The van der Waals surface area contributed by atoms with E-state index in [9.17, 15) is 14.7 Å². The molecule has 1 aromatic heterocycles. The minimum atomic E-state index is -0.475. The summed E-state index contributed by atoms with van der Waals surface area (Å²) < 4.78 is 1.64. The third kappa shape index (κ3) is 3.03. The molecule has 2 aromatic rings. The Labute approximate surface area is 134 Å². The number of nitrogens with zero attached hydrogens (tertiary/aromatic N) is 1. The lowest BCUT2D eigenvalue weighted by molar-refractivity contribution is 0.0717. The Balaban J connectivity index is 1.89. The van der Waals surface area contributed by atoms with Gasteiger partial charge >= 0.3 is 5.69 Å². The Morgan fingerprint density at radius 2 is 2.09 bits per heavy atom. The maximum absolute atomic E-state index is 12.5. The normalized spacial score (nSPS) is 21.7. The number of hydrogen-bond acceptors (Lipinski definition) is 3. The van der Waals surface area contributed by atoms with E-state index >= 15 is 0 Å². The van der Waals surface area contributed by atoms with Gasteiger partial charge in [-0.3, -0.25) is 9.36 Å². The van der Waals surface area contributed by atoms with E-state index in [2.05, 4.69) is 10.3 Å². The summed E-state index contributed by atoms with van der Waals surface area (Å²) in [6.07, 6.45) is 3.08. The molecular formula is C17H23N3O3. The molecule has 1 aliphatic carbocycles. The van der Waals surface area contributed by atoms with Crippen LogP contribution in [0.1, 0.15) is 55.9 Å². The fourth-order valence-electron chi connectivity index (χ4n) is 3.31. The van der Waals surface area contributed by atoms with Gasteiger partial charge < -0.3 is 15.4 Å². The van der Waals surface area contributed by atoms with E-state index in [0.717, 1.165) is 36.7 Å². The van der Waals surface area contributed by atoms with Crippen molar-refractivity contribution in [2.45, 2.75) is 57.7 Å². The van der Waals surface area contributed by atoms with Gasteiger partial charge in [-0.25, -0.2) is 4.79 Å². The largest absolute Gasteiger partial charge is 0.391 e. The molecule has 1 aliphatic rings. The lowest BCUT2D eigenvalue weighted by atomic mass is 9.92. The lowest BCUT2D eigenvalue weighted by Crippen LogP contribution is -2.45. The average Bonchev–Trinajstić information content (AvgIpc) is 2.84. The van der Waals surface area contributed by atoms with Crippen LogP contribution in [0.4, 0.5) is 0 Å². The van der Waals surface area contributed by atoms with Gasteiger partial charge in [0.1, 0.15) is 0 Å². The van der Waals surface area contributed by atoms with Gasteiger partial charge in [-0.2, -0.15) is 0 Å². The molecule has 23 heavy (non-hydrogen) atoms. The van der Waals surface area contributed by atoms with E-state index in [0.29, 0.717) is 5.56 Å². The zero-order chi connectivity index (χ0) is 16.6. The summed E-state index contributed by atoms with van der Waals surface area (Å²) in [7, 11) is 0. The summed E-state index contributed by atoms with van der Waals surface area (Å²) in [4.78, 5) is 27.3. The number of benzene rings is 1. The molecule has 1 amide bonds. The number of aliphatic hydroxyl groups is 1. The van der Waals surface area contributed by atoms with Gasteiger partial charge in [0.15, 0.2) is 0 Å². The summed E-state index contributed by atoms with van der Waals surface area (Å²) in [5, 5.41) is 12.9. The number of hydrogen-bond donors (Lipinski definition) is 3. The topological polar surface area (TPSA) is 87.1 Å². The highest BCUT2D eigenvalue weighted by Crippen LogP contribution is 2.20. The molecule has 1 aromatic carbocycles. The number of carbonyl (C=O) groups excluding carboxylic acids is 1. The highest BCUT2D eigenvalue weighted by Gasteiger charge is 2.25. The minimum Gasteiger partial charge on any atom is -0.391 e. The molecule has 0 unspecified atom stereocenters. The van der Waals surface area contributed by atoms with Gasteiger partial charge in [0.2, 0.25) is 0 Å². The van der Waals surface area contributed by atoms with E-state index in [1.807, 2.05) is 13.8 Å². The van der Waals surface area contributed by atoms with Gasteiger partial charge in [-0.15, -0.1) is 0 Å². The van der Waals surface area contributed by atoms with E-state index in [-0.39, 0.29) is 23.7 Å². The van der Waals surface area contributed by atoms with Crippen molar-refractivity contribution in [3.63, 3.8) is 0 Å². The number of rotatable bonds is 3. The van der Waals surface area contributed by atoms with Gasteiger partial charge in [-0.1, -0.05) is 12.8 Å². The molecule has 1 saturated carbocycles. The van der Waals surface area contributed by atoms with Crippen LogP contribution in [0.3, 0.4) is 0 Å². The second kappa shape index (κ2) is 6.20. The van der Waals surface area contributed by atoms with Crippen molar-refractivity contribution in [2.24, 2.45) is 0 Å². The first kappa shape index (κ1) is 15.8. The molecule has 3 N–H and O–H groups in total. The molecule has 0 spiro atoms. The molecule has 0 bridgehead atoms. The molecule has 6 nitrogen and oxygen atoms in total. The highest BCUT2D eigenvalue weighted by molar-refractivity contribution is 5.97. The van der Waals surface area contributed by atoms with Crippen molar-refractivity contribution in [3.8, 4) is 0 Å². The fourth-order valence-corrected chi connectivity index (χ4v) is 3.31. The number of aromatic amines is 1. The number of amides is 1. The predicted molar refractivity (Wildman–Crippen MR) is 88.7 cm³/mol. The smallest absolute Gasteiger partial charge is 0.326 e. The van der Waals surface area contributed by atoms with E-state index in [1.54, 1.807) is 22.8 Å². The van der Waals surface area contributed by atoms with Gasteiger partial charge in [0.05, 0.1) is 23.2 Å². The first-order valence-corrected chi connectivity index (χ1v) is 8.20. The third-order valence-corrected chi connectivity index (χ3v) is 4.54. The monoisotopic (exact) mass is 317 g/mol. The molecular weight excluding hydrogens is 294 g/mol. The summed E-state index contributed by atoms with van der Waals surface area (Å²) in [5.41, 5.74) is 1.78. The average molecular weight is 317 g/mol. The van der Waals surface area contributed by atoms with Crippen LogP contribution < -0.4 is 11.0 Å². The molecule has 6 heteroatoms. The molecule has 1 heterocycles. The van der Waals surface area contributed by atoms with Crippen LogP contribution in [0.15, 0.2) is 23.0 Å². The van der Waals surface area contributed by atoms with Gasteiger partial charge in [0.25, 0.3) is 5.91 Å². The molecule has 124 valence electrons. The molecule has 3 rings (SSSR count). The van der Waals surface area contributed by atoms with Crippen molar-refractivity contribution in [1.29, 1.82) is 0 Å². The summed E-state index contributed by atoms with van der Waals surface area (Å²) in [6.45, 7) is 3.86. The van der Waals surface area contributed by atoms with Crippen LogP contribution in [0, 0.1) is 0 Å². The molecule has 2 atom stereocenters. The number of H-pyrrole nitrogens is 1. The van der Waals surface area contributed by atoms with Crippen molar-refractivity contribution in [3.05, 3.63) is 34.2 Å². The second-order valence-electron chi connectivity index (χ2n) is 6.56. The standard InChI is InChI=1S/C17H23N3O3/c1-10(2)20-14-9-11(7-8-12(14)19-17(20)23)16(22)18-13-5-3-4-6-15(13)21/h7-10,13,15,21H,3-6H2,1-2H3,(H,18,22)(H,19,23)/t13-,15-/m1/s1. The Hall–Kier alpha value is -2.08. The van der Waals surface area contributed by atoms with Crippen LogP contribution in [-0.2, 0) is 0 Å². The number of aromatic nitrogens is 2. The van der Waals surface area contributed by atoms with Crippen molar-refractivity contribution in [2.75, 3.05) is 0 Å². The molecule has 1 fully saturated rings. The Morgan fingerprint density at radius 1 is 1.35 bits per heavy atom. The van der Waals surface area contributed by atoms with E-state index in [4.69, 9.17) is 0 Å². The number of nitrogens with one attached hydrogen (secondary N) is 2. The van der Waals surface area contributed by atoms with E-state index < -0.39 is 6.10 Å². The molecule has 0 saturated heterocycles. The third-order valence-electron chi connectivity index (χ3n) is 4.54. The zero-order valence-electron chi connectivity index (χ0n) is 13.5. The quantitative estimate of drug-likeness (QED) is 0.808. The van der Waals surface area contributed by atoms with Crippen LogP contribution in [0.2, 0.25) is 0 Å². The number of fused-ring (bicyclic) bond motifs is 1. The Bertz CT molecular complexity index is 775. The first-order chi connectivity index (χ1) is 11.0. The highest BCUT2D eigenvalue weighted by atomic mass is 16.3. The Kier molecular flexibility index (Phi) is 4.26. The first-order valence-electron chi connectivity index (χ1n) is 8.20. The molecule has 0 radical (unpaired) electrons. The number of aliphatic hydroxyl groups excluding tert-OH is 1. The summed E-state index contributed by atoms with van der Waals surface area (Å²) in [6, 6.07) is 5.01. The SMILES string of the molecule is CC(C)n1c(=O)[nH]c2ccc(C(=O)N[C@@H]3CCCC[C@H]3O)cc21. The van der Waals surface area contributed by atoms with Crippen LogP contribution in [0.5, 0.6) is 0 Å². The second-order valence-corrected chi connectivity index (χ2v) is 6.56. The maximum atomic E-state index is 12.5. The van der Waals surface area contributed by atoms with Crippen LogP contribution in [-0.4, -0.2) is 32.7 Å². The van der Waals surface area contributed by atoms with E-state index in [1.165, 1.54) is 0 Å². The van der Waals surface area contributed by atoms with Crippen molar-refractivity contribution < 1.29 is 9.90 Å². The number of carbonyl (C=O) groups is 1. The van der Waals surface area contributed by atoms with Crippen LogP contribution >= 0.6 is 0 Å². The lowest BCUT2D eigenvalue weighted by Gasteiger charge is -2.28. The van der Waals surface area contributed by atoms with Gasteiger partial charge in [-0.05, 0) is 44.9 Å². The minimum absolute atomic E-state index is 0.00901. The summed E-state index contributed by atoms with van der Waals surface area (Å²) >= 11 is 0. The fraction of sp³-hybridized carbons (Fsp3) is 0.529. The molecule has 0 aliphatic heterocycles. The Morgan fingerprint density at radius 3 is 2.78 bits per heavy atom. The predicted octanol–water partition coefficient (Wildman–Crippen LogP) is 1.94. The number of imidazole rings is 1. The van der Waals surface area contributed by atoms with Gasteiger partial charge in [0, 0.05) is 11.6 Å². The van der Waals surface area contributed by atoms with Crippen LogP contribution in [0.25, 0.3) is 11.0 Å². The zero-order valence-corrected chi connectivity index (χ0v) is 13.5. The van der Waals surface area contributed by atoms with Crippen molar-refractivity contribution >= 4 is 16.9 Å². The maximum Gasteiger partial charge on any atom is 0.326 e. The van der Waals surface area contributed by atoms with Crippen molar-refractivity contribution in [1.82, 2.24) is 14.9 Å².